The molecule has 1 nitrogen and oxygen atoms in total. The second-order valence-electron chi connectivity index (χ2n) is 3.18. The Hall–Kier alpha value is -0.930. The van der Waals surface area contributed by atoms with Crippen LogP contribution in [0.25, 0.3) is 10.1 Å². The van der Waals surface area contributed by atoms with Crippen LogP contribution in [0.3, 0.4) is 0 Å². The standard InChI is InChI=1S/C11H12FNS/c1-2-13-7-10-6-8-5-9(12)3-4-11(8)14-10/h3-6,13H,2,7H2,1H3. The monoisotopic (exact) mass is 209 g/mol. The number of rotatable bonds is 3. The van der Waals surface area contributed by atoms with E-state index in [0.717, 1.165) is 23.2 Å². The number of thiophene rings is 1. The van der Waals surface area contributed by atoms with Crippen molar-refractivity contribution in [3.8, 4) is 0 Å². The molecule has 0 unspecified atom stereocenters. The van der Waals surface area contributed by atoms with Crippen molar-refractivity contribution in [3.05, 3.63) is 35.0 Å². The van der Waals surface area contributed by atoms with Gasteiger partial charge in [0, 0.05) is 16.1 Å². The van der Waals surface area contributed by atoms with Crippen molar-refractivity contribution < 1.29 is 4.39 Å². The summed E-state index contributed by atoms with van der Waals surface area (Å²) in [7, 11) is 0. The molecule has 0 bridgehead atoms. The Bertz CT molecular complexity index is 436. The Morgan fingerprint density at radius 3 is 3.00 bits per heavy atom. The van der Waals surface area contributed by atoms with E-state index < -0.39 is 0 Å². The minimum absolute atomic E-state index is 0.162. The van der Waals surface area contributed by atoms with E-state index in [4.69, 9.17) is 0 Å². The minimum Gasteiger partial charge on any atom is -0.312 e. The van der Waals surface area contributed by atoms with E-state index in [9.17, 15) is 4.39 Å². The van der Waals surface area contributed by atoms with Gasteiger partial charge in [0.25, 0.3) is 0 Å². The fourth-order valence-corrected chi connectivity index (χ4v) is 2.42. The molecule has 0 aliphatic carbocycles. The van der Waals surface area contributed by atoms with Gasteiger partial charge in [-0.15, -0.1) is 11.3 Å². The van der Waals surface area contributed by atoms with Crippen LogP contribution in [-0.4, -0.2) is 6.54 Å². The van der Waals surface area contributed by atoms with Gasteiger partial charge in [-0.3, -0.25) is 0 Å². The second-order valence-corrected chi connectivity index (χ2v) is 4.34. The lowest BCUT2D eigenvalue weighted by Gasteiger charge is -1.94. The lowest BCUT2D eigenvalue weighted by atomic mass is 10.2. The highest BCUT2D eigenvalue weighted by Crippen LogP contribution is 2.25. The number of halogens is 1. The van der Waals surface area contributed by atoms with Crippen LogP contribution < -0.4 is 5.32 Å². The Kier molecular flexibility index (Phi) is 2.79. The number of nitrogens with one attached hydrogen (secondary N) is 1. The normalized spacial score (nSPS) is 11.0. The Labute approximate surface area is 86.6 Å². The third kappa shape index (κ3) is 1.94. The first-order valence-corrected chi connectivity index (χ1v) is 5.50. The zero-order valence-electron chi connectivity index (χ0n) is 8.01. The molecule has 14 heavy (non-hydrogen) atoms. The van der Waals surface area contributed by atoms with Gasteiger partial charge >= 0.3 is 0 Å². The molecule has 2 aromatic rings. The van der Waals surface area contributed by atoms with Crippen LogP contribution in [0.5, 0.6) is 0 Å². The number of hydrogen-bond acceptors (Lipinski definition) is 2. The molecule has 1 heterocycles. The highest BCUT2D eigenvalue weighted by atomic mass is 32.1. The van der Waals surface area contributed by atoms with Crippen molar-refractivity contribution in [1.29, 1.82) is 0 Å². The summed E-state index contributed by atoms with van der Waals surface area (Å²) >= 11 is 1.72. The van der Waals surface area contributed by atoms with Crippen molar-refractivity contribution in [1.82, 2.24) is 5.32 Å². The number of fused-ring (bicyclic) bond motifs is 1. The lowest BCUT2D eigenvalue weighted by Crippen LogP contribution is -2.10. The van der Waals surface area contributed by atoms with Crippen molar-refractivity contribution in [2.24, 2.45) is 0 Å². The molecule has 1 aromatic heterocycles. The number of hydrogen-bond donors (Lipinski definition) is 1. The molecule has 0 aliphatic rings. The van der Waals surface area contributed by atoms with Crippen molar-refractivity contribution in [2.45, 2.75) is 13.5 Å². The third-order valence-corrected chi connectivity index (χ3v) is 3.19. The summed E-state index contributed by atoms with van der Waals surface area (Å²) in [6.07, 6.45) is 0. The molecule has 1 aromatic carbocycles. The van der Waals surface area contributed by atoms with Crippen molar-refractivity contribution in [2.75, 3.05) is 6.54 Å². The zero-order valence-corrected chi connectivity index (χ0v) is 8.83. The SMILES string of the molecule is CCNCc1cc2cc(F)ccc2s1. The maximum absolute atomic E-state index is 12.9. The molecule has 3 heteroatoms. The van der Waals surface area contributed by atoms with Crippen LogP contribution in [-0.2, 0) is 6.54 Å². The van der Waals surface area contributed by atoms with Gasteiger partial charge in [-0.1, -0.05) is 6.92 Å². The first-order valence-electron chi connectivity index (χ1n) is 4.68. The summed E-state index contributed by atoms with van der Waals surface area (Å²) in [5.41, 5.74) is 0. The van der Waals surface area contributed by atoms with E-state index in [-0.39, 0.29) is 5.82 Å². The Morgan fingerprint density at radius 2 is 2.21 bits per heavy atom. The summed E-state index contributed by atoms with van der Waals surface area (Å²) in [5, 5.41) is 4.26. The predicted molar refractivity (Wildman–Crippen MR) is 59.2 cm³/mol. The van der Waals surface area contributed by atoms with E-state index >= 15 is 0 Å². The summed E-state index contributed by atoms with van der Waals surface area (Å²) in [6, 6.07) is 6.98. The Morgan fingerprint density at radius 1 is 1.36 bits per heavy atom. The summed E-state index contributed by atoms with van der Waals surface area (Å²) in [5.74, 6) is -0.162. The highest BCUT2D eigenvalue weighted by Gasteiger charge is 2.01. The van der Waals surface area contributed by atoms with Gasteiger partial charge in [-0.25, -0.2) is 4.39 Å². The van der Waals surface area contributed by atoms with Crippen LogP contribution in [0.4, 0.5) is 4.39 Å². The third-order valence-electron chi connectivity index (χ3n) is 2.08. The van der Waals surface area contributed by atoms with Crippen LogP contribution in [0, 0.1) is 5.82 Å². The maximum Gasteiger partial charge on any atom is 0.123 e. The molecule has 74 valence electrons. The summed E-state index contributed by atoms with van der Waals surface area (Å²) in [4.78, 5) is 1.26. The molecular weight excluding hydrogens is 197 g/mol. The summed E-state index contributed by atoms with van der Waals surface area (Å²) < 4.78 is 14.0. The topological polar surface area (TPSA) is 12.0 Å². The molecule has 0 aliphatic heterocycles. The highest BCUT2D eigenvalue weighted by molar-refractivity contribution is 7.19. The molecule has 0 amide bonds. The van der Waals surface area contributed by atoms with E-state index in [0.29, 0.717) is 0 Å². The maximum atomic E-state index is 12.9. The van der Waals surface area contributed by atoms with Gasteiger partial charge in [-0.05, 0) is 36.2 Å². The van der Waals surface area contributed by atoms with Crippen LogP contribution >= 0.6 is 11.3 Å². The zero-order chi connectivity index (χ0) is 9.97. The molecule has 1 N–H and O–H groups in total. The van der Waals surface area contributed by atoms with E-state index in [1.54, 1.807) is 17.4 Å². The Balaban J connectivity index is 2.32. The molecule has 0 atom stereocenters. The first-order chi connectivity index (χ1) is 6.79. The van der Waals surface area contributed by atoms with Gasteiger partial charge in [0.2, 0.25) is 0 Å². The first kappa shape index (κ1) is 9.62. The molecule has 2 rings (SSSR count). The molecule has 0 fully saturated rings. The van der Waals surface area contributed by atoms with Crippen molar-refractivity contribution in [3.63, 3.8) is 0 Å². The van der Waals surface area contributed by atoms with Gasteiger partial charge < -0.3 is 5.32 Å². The van der Waals surface area contributed by atoms with Crippen LogP contribution in [0.2, 0.25) is 0 Å². The molecule has 0 saturated carbocycles. The van der Waals surface area contributed by atoms with Gasteiger partial charge in [-0.2, -0.15) is 0 Å². The largest absolute Gasteiger partial charge is 0.312 e. The van der Waals surface area contributed by atoms with Gasteiger partial charge in [0.05, 0.1) is 0 Å². The van der Waals surface area contributed by atoms with E-state index in [1.165, 1.54) is 10.9 Å². The van der Waals surface area contributed by atoms with Crippen LogP contribution in [0.15, 0.2) is 24.3 Å². The quantitative estimate of drug-likeness (QED) is 0.818. The van der Waals surface area contributed by atoms with E-state index in [2.05, 4.69) is 12.2 Å². The minimum atomic E-state index is -0.162. The fourth-order valence-electron chi connectivity index (χ4n) is 1.40. The average molecular weight is 209 g/mol. The smallest absolute Gasteiger partial charge is 0.123 e. The second kappa shape index (κ2) is 4.07. The van der Waals surface area contributed by atoms with Crippen LogP contribution in [0.1, 0.15) is 11.8 Å². The molecule has 0 radical (unpaired) electrons. The molecule has 0 saturated heterocycles. The lowest BCUT2D eigenvalue weighted by molar-refractivity contribution is 0.630. The predicted octanol–water partition coefficient (Wildman–Crippen LogP) is 3.15. The fraction of sp³-hybridized carbons (Fsp3) is 0.273. The van der Waals surface area contributed by atoms with Gasteiger partial charge in [0.1, 0.15) is 5.82 Å². The molecule has 0 spiro atoms. The summed E-state index contributed by atoms with van der Waals surface area (Å²) in [6.45, 7) is 3.91. The van der Waals surface area contributed by atoms with E-state index in [1.807, 2.05) is 12.1 Å². The molecular formula is C11H12FNS. The average Bonchev–Trinajstić information content (AvgIpc) is 2.56. The van der Waals surface area contributed by atoms with Crippen molar-refractivity contribution >= 4 is 21.4 Å². The number of benzene rings is 1. The van der Waals surface area contributed by atoms with Gasteiger partial charge in [0.15, 0.2) is 0 Å².